The van der Waals surface area contributed by atoms with Gasteiger partial charge in [0, 0.05) is 17.8 Å². The van der Waals surface area contributed by atoms with Crippen LogP contribution >= 0.6 is 12.6 Å². The fourth-order valence-corrected chi connectivity index (χ4v) is 1.15. The summed E-state index contributed by atoms with van der Waals surface area (Å²) in [6, 6.07) is 0. The Bertz CT molecular complexity index is 171. The lowest BCUT2D eigenvalue weighted by molar-refractivity contribution is -0.109. The molecule has 2 nitrogen and oxygen atoms in total. The monoisotopic (exact) mass is 218 g/mol. The summed E-state index contributed by atoms with van der Waals surface area (Å²) in [6.45, 7) is 8.86. The van der Waals surface area contributed by atoms with Crippen molar-refractivity contribution in [1.29, 1.82) is 0 Å². The Hall–Kier alpha value is -0.0200. The standard InChI is InChI=1S/C11H22O2S/c1-10(2,6-5-8-12)13-9-7-11(3,4)14/h8,14H,5-7,9H2,1-4H3. The second kappa shape index (κ2) is 5.76. The highest BCUT2D eigenvalue weighted by molar-refractivity contribution is 7.81. The van der Waals surface area contributed by atoms with Gasteiger partial charge in [-0.25, -0.2) is 0 Å². The van der Waals surface area contributed by atoms with Crippen LogP contribution in [0.3, 0.4) is 0 Å². The van der Waals surface area contributed by atoms with Crippen molar-refractivity contribution in [2.75, 3.05) is 6.61 Å². The number of thiol groups is 1. The van der Waals surface area contributed by atoms with Gasteiger partial charge in [0.05, 0.1) is 5.60 Å². The molecule has 0 N–H and O–H groups in total. The summed E-state index contributed by atoms with van der Waals surface area (Å²) in [6.07, 6.45) is 3.20. The van der Waals surface area contributed by atoms with E-state index in [9.17, 15) is 4.79 Å². The molecule has 0 unspecified atom stereocenters. The summed E-state index contributed by atoms with van der Waals surface area (Å²) in [5, 5.41) is 0. The van der Waals surface area contributed by atoms with Crippen molar-refractivity contribution >= 4 is 18.9 Å². The molecule has 84 valence electrons. The summed E-state index contributed by atoms with van der Waals surface area (Å²) in [7, 11) is 0. The quantitative estimate of drug-likeness (QED) is 0.525. The second-order valence-corrected chi connectivity index (χ2v) is 6.09. The molecule has 0 aliphatic carbocycles. The molecule has 14 heavy (non-hydrogen) atoms. The van der Waals surface area contributed by atoms with Gasteiger partial charge >= 0.3 is 0 Å². The number of carbonyl (C=O) groups excluding carboxylic acids is 1. The topological polar surface area (TPSA) is 26.3 Å². The molecule has 0 aliphatic rings. The van der Waals surface area contributed by atoms with Gasteiger partial charge in [-0.1, -0.05) is 13.8 Å². The van der Waals surface area contributed by atoms with Crippen LogP contribution in [0.5, 0.6) is 0 Å². The van der Waals surface area contributed by atoms with Crippen LogP contribution < -0.4 is 0 Å². The van der Waals surface area contributed by atoms with Crippen LogP contribution in [-0.4, -0.2) is 23.2 Å². The fraction of sp³-hybridized carbons (Fsp3) is 0.909. The van der Waals surface area contributed by atoms with E-state index in [0.29, 0.717) is 13.0 Å². The van der Waals surface area contributed by atoms with Gasteiger partial charge in [-0.2, -0.15) is 12.6 Å². The fourth-order valence-electron chi connectivity index (χ4n) is 1.06. The van der Waals surface area contributed by atoms with E-state index in [2.05, 4.69) is 26.5 Å². The maximum atomic E-state index is 10.2. The van der Waals surface area contributed by atoms with Crippen molar-refractivity contribution in [3.63, 3.8) is 0 Å². The van der Waals surface area contributed by atoms with Gasteiger partial charge in [0.15, 0.2) is 0 Å². The zero-order valence-electron chi connectivity index (χ0n) is 9.67. The normalized spacial score (nSPS) is 12.9. The van der Waals surface area contributed by atoms with E-state index < -0.39 is 0 Å². The highest BCUT2D eigenvalue weighted by atomic mass is 32.1. The molecule has 0 heterocycles. The molecule has 3 heteroatoms. The zero-order valence-corrected chi connectivity index (χ0v) is 10.6. The third-order valence-electron chi connectivity index (χ3n) is 2.07. The van der Waals surface area contributed by atoms with Crippen molar-refractivity contribution in [1.82, 2.24) is 0 Å². The van der Waals surface area contributed by atoms with E-state index in [1.165, 1.54) is 0 Å². The summed E-state index contributed by atoms with van der Waals surface area (Å²) >= 11 is 4.42. The van der Waals surface area contributed by atoms with Crippen molar-refractivity contribution < 1.29 is 9.53 Å². The molecule has 0 atom stereocenters. The van der Waals surface area contributed by atoms with Gasteiger partial charge in [0.1, 0.15) is 6.29 Å². The molecule has 0 aliphatic heterocycles. The molecule has 0 amide bonds. The number of rotatable bonds is 7. The smallest absolute Gasteiger partial charge is 0.120 e. The molecule has 0 aromatic rings. The Morgan fingerprint density at radius 3 is 2.21 bits per heavy atom. The molecule has 0 radical (unpaired) electrons. The van der Waals surface area contributed by atoms with Crippen molar-refractivity contribution in [2.24, 2.45) is 0 Å². The third kappa shape index (κ3) is 8.57. The third-order valence-corrected chi connectivity index (χ3v) is 2.29. The van der Waals surface area contributed by atoms with E-state index in [1.54, 1.807) is 0 Å². The Morgan fingerprint density at radius 1 is 1.21 bits per heavy atom. The molecular weight excluding hydrogens is 196 g/mol. The summed E-state index contributed by atoms with van der Waals surface area (Å²) in [5.41, 5.74) is -0.195. The highest BCUT2D eigenvalue weighted by Gasteiger charge is 2.19. The van der Waals surface area contributed by atoms with Crippen molar-refractivity contribution in [2.45, 2.75) is 57.3 Å². The minimum Gasteiger partial charge on any atom is -0.376 e. The van der Waals surface area contributed by atoms with Crippen molar-refractivity contribution in [3.05, 3.63) is 0 Å². The average molecular weight is 218 g/mol. The van der Waals surface area contributed by atoms with Gasteiger partial charge in [-0.05, 0) is 26.7 Å². The largest absolute Gasteiger partial charge is 0.376 e. The Kier molecular flexibility index (Phi) is 5.75. The number of carbonyl (C=O) groups is 1. The number of hydrogen-bond donors (Lipinski definition) is 1. The summed E-state index contributed by atoms with van der Waals surface area (Å²) < 4.78 is 5.71. The zero-order chi connectivity index (χ0) is 11.2. The molecule has 0 spiro atoms. The van der Waals surface area contributed by atoms with Gasteiger partial charge in [-0.15, -0.1) is 0 Å². The number of hydrogen-bond acceptors (Lipinski definition) is 3. The van der Waals surface area contributed by atoms with Gasteiger partial charge in [-0.3, -0.25) is 0 Å². The lowest BCUT2D eigenvalue weighted by atomic mass is 10.0. The Morgan fingerprint density at radius 2 is 1.79 bits per heavy atom. The molecule has 0 fully saturated rings. The SMILES string of the molecule is CC(C)(S)CCOC(C)(C)CCC=O. The predicted molar refractivity (Wildman–Crippen MR) is 63.0 cm³/mol. The summed E-state index contributed by atoms with van der Waals surface area (Å²) in [4.78, 5) is 10.2. The lowest BCUT2D eigenvalue weighted by Gasteiger charge is -2.26. The minimum absolute atomic E-state index is 0.0146. The molecule has 0 saturated carbocycles. The first-order valence-electron chi connectivity index (χ1n) is 5.07. The lowest BCUT2D eigenvalue weighted by Crippen LogP contribution is -2.27. The van der Waals surface area contributed by atoms with Gasteiger partial charge < -0.3 is 9.53 Å². The van der Waals surface area contributed by atoms with E-state index in [1.807, 2.05) is 13.8 Å². The van der Waals surface area contributed by atoms with Crippen LogP contribution in [0, 0.1) is 0 Å². The van der Waals surface area contributed by atoms with E-state index >= 15 is 0 Å². The van der Waals surface area contributed by atoms with Crippen LogP contribution in [0.25, 0.3) is 0 Å². The van der Waals surface area contributed by atoms with E-state index in [-0.39, 0.29) is 10.3 Å². The van der Waals surface area contributed by atoms with Gasteiger partial charge in [0.25, 0.3) is 0 Å². The molecule has 0 rings (SSSR count). The molecule has 0 aromatic heterocycles. The first-order chi connectivity index (χ1) is 6.27. The summed E-state index contributed by atoms with van der Waals surface area (Å²) in [5.74, 6) is 0. The van der Waals surface area contributed by atoms with Crippen LogP contribution in [0.4, 0.5) is 0 Å². The van der Waals surface area contributed by atoms with Crippen molar-refractivity contribution in [3.8, 4) is 0 Å². The van der Waals surface area contributed by atoms with Crippen LogP contribution in [0.15, 0.2) is 0 Å². The maximum absolute atomic E-state index is 10.2. The Labute approximate surface area is 92.8 Å². The minimum atomic E-state index is -0.195. The van der Waals surface area contributed by atoms with E-state index in [0.717, 1.165) is 19.1 Å². The molecule has 0 saturated heterocycles. The first-order valence-corrected chi connectivity index (χ1v) is 5.51. The molecule has 0 aromatic carbocycles. The first kappa shape index (κ1) is 14.0. The number of aldehydes is 1. The van der Waals surface area contributed by atoms with E-state index in [4.69, 9.17) is 4.74 Å². The van der Waals surface area contributed by atoms with Crippen LogP contribution in [0.1, 0.15) is 47.0 Å². The second-order valence-electron chi connectivity index (χ2n) is 4.88. The maximum Gasteiger partial charge on any atom is 0.120 e. The predicted octanol–water partition coefficient (Wildman–Crippen LogP) is 2.86. The average Bonchev–Trinajstić information content (AvgIpc) is 1.98. The molecule has 0 bridgehead atoms. The van der Waals surface area contributed by atoms with Gasteiger partial charge in [0.2, 0.25) is 0 Å². The van der Waals surface area contributed by atoms with Crippen LogP contribution in [0.2, 0.25) is 0 Å². The molecular formula is C11H22O2S. The van der Waals surface area contributed by atoms with Crippen LogP contribution in [-0.2, 0) is 9.53 Å². The highest BCUT2D eigenvalue weighted by Crippen LogP contribution is 2.21. The number of ether oxygens (including phenoxy) is 1. The Balaban J connectivity index is 3.70.